The van der Waals surface area contributed by atoms with Crippen LogP contribution in [0.15, 0.2) is 53.1 Å². The van der Waals surface area contributed by atoms with Gasteiger partial charge in [0.05, 0.1) is 12.7 Å². The van der Waals surface area contributed by atoms with Gasteiger partial charge < -0.3 is 14.2 Å². The second-order valence-electron chi connectivity index (χ2n) is 6.64. The van der Waals surface area contributed by atoms with Crippen molar-refractivity contribution in [3.05, 3.63) is 59.9 Å². The van der Waals surface area contributed by atoms with Crippen LogP contribution in [-0.2, 0) is 11.0 Å². The Labute approximate surface area is 163 Å². The minimum Gasteiger partial charge on any atom is -0.497 e. The zero-order valence-electron chi connectivity index (χ0n) is 15.3. The molecule has 0 radical (unpaired) electrons. The molecule has 0 N–H and O–H groups in total. The number of halogens is 3. The number of aromatic nitrogens is 2. The molecule has 1 unspecified atom stereocenters. The predicted octanol–water partition coefficient (Wildman–Crippen LogP) is 4.28. The highest BCUT2D eigenvalue weighted by Crippen LogP contribution is 2.34. The van der Waals surface area contributed by atoms with Crippen molar-refractivity contribution < 1.29 is 27.2 Å². The van der Waals surface area contributed by atoms with E-state index in [1.165, 1.54) is 17.0 Å². The van der Waals surface area contributed by atoms with Gasteiger partial charge in [-0.15, -0.1) is 0 Å². The van der Waals surface area contributed by atoms with Gasteiger partial charge in [-0.05, 0) is 42.5 Å². The Hall–Kier alpha value is -3.36. The van der Waals surface area contributed by atoms with Gasteiger partial charge in [0, 0.05) is 30.1 Å². The maximum absolute atomic E-state index is 12.7. The number of rotatable bonds is 4. The first kappa shape index (κ1) is 19.0. The molecule has 0 aliphatic carbocycles. The Balaban J connectivity index is 1.52. The van der Waals surface area contributed by atoms with Crippen LogP contribution in [0.2, 0.25) is 0 Å². The molecule has 150 valence electrons. The molecule has 1 amide bonds. The van der Waals surface area contributed by atoms with Gasteiger partial charge in [0.1, 0.15) is 5.75 Å². The average molecular weight is 403 g/mol. The Morgan fingerprint density at radius 3 is 2.62 bits per heavy atom. The third-order valence-electron chi connectivity index (χ3n) is 4.75. The molecule has 9 heteroatoms. The van der Waals surface area contributed by atoms with E-state index >= 15 is 0 Å². The summed E-state index contributed by atoms with van der Waals surface area (Å²) in [6.07, 6.45) is -4.27. The molecule has 29 heavy (non-hydrogen) atoms. The number of benzene rings is 2. The number of amides is 1. The number of methoxy groups -OCH3 is 1. The Morgan fingerprint density at radius 1 is 1.17 bits per heavy atom. The van der Waals surface area contributed by atoms with E-state index in [2.05, 4.69) is 10.1 Å². The summed E-state index contributed by atoms with van der Waals surface area (Å²) in [6.45, 7) is 0.265. The van der Waals surface area contributed by atoms with Crippen LogP contribution in [0, 0.1) is 0 Å². The van der Waals surface area contributed by atoms with E-state index in [0.29, 0.717) is 28.7 Å². The van der Waals surface area contributed by atoms with Crippen LogP contribution in [0.4, 0.5) is 18.9 Å². The monoisotopic (exact) mass is 403 g/mol. The SMILES string of the molecule is COc1cccc(-c2nc(C3CC(=O)N(c4ccc(C(F)(F)F)cc4)C3)no2)c1. The largest absolute Gasteiger partial charge is 0.497 e. The van der Waals surface area contributed by atoms with Crippen molar-refractivity contribution in [3.63, 3.8) is 0 Å². The van der Waals surface area contributed by atoms with Gasteiger partial charge in [0.2, 0.25) is 5.91 Å². The van der Waals surface area contributed by atoms with Crippen molar-refractivity contribution in [2.24, 2.45) is 0 Å². The summed E-state index contributed by atoms with van der Waals surface area (Å²) in [5.41, 5.74) is 0.333. The van der Waals surface area contributed by atoms with Crippen molar-refractivity contribution in [2.45, 2.75) is 18.5 Å². The number of hydrogen-bond acceptors (Lipinski definition) is 5. The fourth-order valence-electron chi connectivity index (χ4n) is 3.23. The van der Waals surface area contributed by atoms with Gasteiger partial charge >= 0.3 is 6.18 Å². The molecule has 1 fully saturated rings. The highest BCUT2D eigenvalue weighted by molar-refractivity contribution is 5.96. The normalized spacial score (nSPS) is 17.0. The third-order valence-corrected chi connectivity index (χ3v) is 4.75. The van der Waals surface area contributed by atoms with E-state index in [1.807, 2.05) is 0 Å². The summed E-state index contributed by atoms with van der Waals surface area (Å²) in [4.78, 5) is 18.2. The second-order valence-corrected chi connectivity index (χ2v) is 6.64. The number of carbonyl (C=O) groups is 1. The number of anilines is 1. The summed E-state index contributed by atoms with van der Waals surface area (Å²) in [5.74, 6) is 0.812. The number of ether oxygens (including phenoxy) is 1. The Kier molecular flexibility index (Phi) is 4.73. The molecule has 1 aromatic heterocycles. The summed E-state index contributed by atoms with van der Waals surface area (Å²) >= 11 is 0. The van der Waals surface area contributed by atoms with E-state index in [4.69, 9.17) is 9.26 Å². The lowest BCUT2D eigenvalue weighted by Gasteiger charge is -2.17. The van der Waals surface area contributed by atoms with Gasteiger partial charge in [-0.2, -0.15) is 18.2 Å². The first-order chi connectivity index (χ1) is 13.8. The molecule has 2 heterocycles. The van der Waals surface area contributed by atoms with Crippen LogP contribution in [0.25, 0.3) is 11.5 Å². The van der Waals surface area contributed by atoms with E-state index in [-0.39, 0.29) is 24.8 Å². The fourth-order valence-corrected chi connectivity index (χ4v) is 3.23. The molecule has 1 atom stereocenters. The minimum atomic E-state index is -4.42. The van der Waals surface area contributed by atoms with E-state index < -0.39 is 11.7 Å². The highest BCUT2D eigenvalue weighted by Gasteiger charge is 2.35. The molecule has 1 aliphatic rings. The van der Waals surface area contributed by atoms with E-state index in [9.17, 15) is 18.0 Å². The fraction of sp³-hybridized carbons (Fsp3) is 0.250. The van der Waals surface area contributed by atoms with Gasteiger partial charge in [0.25, 0.3) is 5.89 Å². The molecule has 2 aromatic carbocycles. The summed E-state index contributed by atoms with van der Waals surface area (Å²) in [5, 5.41) is 3.98. The molecule has 1 aliphatic heterocycles. The van der Waals surface area contributed by atoms with E-state index in [0.717, 1.165) is 12.1 Å². The molecular weight excluding hydrogens is 387 g/mol. The molecule has 1 saturated heterocycles. The topological polar surface area (TPSA) is 68.5 Å². The van der Waals surface area contributed by atoms with Crippen molar-refractivity contribution >= 4 is 11.6 Å². The maximum atomic E-state index is 12.7. The second kappa shape index (κ2) is 7.23. The first-order valence-electron chi connectivity index (χ1n) is 8.81. The first-order valence-corrected chi connectivity index (χ1v) is 8.81. The lowest BCUT2D eigenvalue weighted by atomic mass is 10.1. The number of nitrogens with zero attached hydrogens (tertiary/aromatic N) is 3. The minimum absolute atomic E-state index is 0.151. The molecule has 0 saturated carbocycles. The van der Waals surface area contributed by atoms with Crippen molar-refractivity contribution in [3.8, 4) is 17.2 Å². The molecule has 6 nitrogen and oxygen atoms in total. The number of carbonyl (C=O) groups excluding carboxylic acids is 1. The Morgan fingerprint density at radius 2 is 1.93 bits per heavy atom. The zero-order chi connectivity index (χ0) is 20.6. The van der Waals surface area contributed by atoms with Gasteiger partial charge in [0.15, 0.2) is 5.82 Å². The number of alkyl halides is 3. The molecule has 4 rings (SSSR count). The smallest absolute Gasteiger partial charge is 0.416 e. The van der Waals surface area contributed by atoms with Crippen LogP contribution in [0.5, 0.6) is 5.75 Å². The maximum Gasteiger partial charge on any atom is 0.416 e. The summed E-state index contributed by atoms with van der Waals surface area (Å²) < 4.78 is 48.7. The van der Waals surface area contributed by atoms with Crippen molar-refractivity contribution in [1.82, 2.24) is 10.1 Å². The van der Waals surface area contributed by atoms with Gasteiger partial charge in [-0.1, -0.05) is 11.2 Å². The quantitative estimate of drug-likeness (QED) is 0.650. The van der Waals surface area contributed by atoms with Gasteiger partial charge in [-0.25, -0.2) is 0 Å². The lowest BCUT2D eigenvalue weighted by molar-refractivity contribution is -0.137. The third kappa shape index (κ3) is 3.80. The summed E-state index contributed by atoms with van der Waals surface area (Å²) in [7, 11) is 1.55. The Bertz CT molecular complexity index is 1030. The average Bonchev–Trinajstić information content (AvgIpc) is 3.34. The zero-order valence-corrected chi connectivity index (χ0v) is 15.3. The van der Waals surface area contributed by atoms with Crippen molar-refractivity contribution in [1.29, 1.82) is 0 Å². The predicted molar refractivity (Wildman–Crippen MR) is 97.4 cm³/mol. The van der Waals surface area contributed by atoms with Crippen LogP contribution in [-0.4, -0.2) is 29.7 Å². The lowest BCUT2D eigenvalue weighted by Crippen LogP contribution is -2.24. The molecule has 3 aromatic rings. The number of hydrogen-bond donors (Lipinski definition) is 0. The molecular formula is C20H16F3N3O3. The van der Waals surface area contributed by atoms with Gasteiger partial charge in [-0.3, -0.25) is 4.79 Å². The van der Waals surface area contributed by atoms with Crippen molar-refractivity contribution in [2.75, 3.05) is 18.6 Å². The van der Waals surface area contributed by atoms with Crippen LogP contribution in [0.1, 0.15) is 23.7 Å². The molecule has 0 spiro atoms. The van der Waals surface area contributed by atoms with E-state index in [1.54, 1.807) is 31.4 Å². The summed E-state index contributed by atoms with van der Waals surface area (Å²) in [6, 6.07) is 11.7. The van der Waals surface area contributed by atoms with Crippen LogP contribution in [0.3, 0.4) is 0 Å². The standard InChI is InChI=1S/C20H16F3N3O3/c1-28-16-4-2-3-12(9-16)19-24-18(25-29-19)13-10-17(27)26(11-13)15-7-5-14(6-8-15)20(21,22)23/h2-9,13H,10-11H2,1H3. The molecule has 0 bridgehead atoms. The highest BCUT2D eigenvalue weighted by atomic mass is 19.4. The van der Waals surface area contributed by atoms with Crippen LogP contribution >= 0.6 is 0 Å². The van der Waals surface area contributed by atoms with Crippen LogP contribution < -0.4 is 9.64 Å².